The van der Waals surface area contributed by atoms with Crippen molar-refractivity contribution in [3.05, 3.63) is 64.7 Å². The molecule has 24 heavy (non-hydrogen) atoms. The summed E-state index contributed by atoms with van der Waals surface area (Å²) < 4.78 is 23.9. The lowest BCUT2D eigenvalue weighted by atomic mass is 10.1. The van der Waals surface area contributed by atoms with Gasteiger partial charge in [0.15, 0.2) is 15.6 Å². The summed E-state index contributed by atoms with van der Waals surface area (Å²) in [4.78, 5) is 12.3. The molecule has 0 heterocycles. The number of halogens is 3. The van der Waals surface area contributed by atoms with E-state index in [4.69, 9.17) is 34.8 Å². The summed E-state index contributed by atoms with van der Waals surface area (Å²) in [5, 5.41) is 0.436. The lowest BCUT2D eigenvalue weighted by molar-refractivity contribution is 0.102. The number of hydrogen-bond donors (Lipinski definition) is 0. The highest BCUT2D eigenvalue weighted by molar-refractivity contribution is 7.92. The fraction of sp³-hybridized carbons (Fsp3) is 0.235. The SMILES string of the molecule is O=C(CS(=O)(=O)c1ccc(Cl)cc1)c1ccc([C@@H]2CC2(Cl)Cl)cc1. The highest BCUT2D eigenvalue weighted by atomic mass is 35.5. The van der Waals surface area contributed by atoms with Gasteiger partial charge < -0.3 is 0 Å². The summed E-state index contributed by atoms with van der Waals surface area (Å²) >= 11 is 17.8. The molecule has 0 radical (unpaired) electrons. The van der Waals surface area contributed by atoms with Gasteiger partial charge in [0.05, 0.1) is 4.90 Å². The second kappa shape index (κ2) is 6.34. The Morgan fingerprint density at radius 2 is 1.58 bits per heavy atom. The molecule has 0 aromatic heterocycles. The Morgan fingerprint density at radius 1 is 1.04 bits per heavy atom. The summed E-state index contributed by atoms with van der Waals surface area (Å²) in [5.41, 5.74) is 1.28. The van der Waals surface area contributed by atoms with Crippen LogP contribution in [0.15, 0.2) is 53.4 Å². The molecule has 0 spiro atoms. The fourth-order valence-electron chi connectivity index (χ4n) is 2.46. The van der Waals surface area contributed by atoms with Crippen molar-refractivity contribution in [1.82, 2.24) is 0 Å². The number of sulfone groups is 1. The third-order valence-corrected chi connectivity index (χ3v) is 6.67. The van der Waals surface area contributed by atoms with Crippen LogP contribution in [0.5, 0.6) is 0 Å². The summed E-state index contributed by atoms with van der Waals surface area (Å²) in [6.45, 7) is 0. The van der Waals surface area contributed by atoms with E-state index in [1.165, 1.54) is 24.3 Å². The summed E-state index contributed by atoms with van der Waals surface area (Å²) in [5.74, 6) is -0.995. The van der Waals surface area contributed by atoms with E-state index in [0.29, 0.717) is 17.0 Å². The van der Waals surface area contributed by atoms with E-state index >= 15 is 0 Å². The number of rotatable bonds is 5. The van der Waals surface area contributed by atoms with Crippen LogP contribution in [-0.4, -0.2) is 24.3 Å². The van der Waals surface area contributed by atoms with Crippen molar-refractivity contribution in [3.8, 4) is 0 Å². The van der Waals surface area contributed by atoms with Crippen LogP contribution in [0.1, 0.15) is 28.3 Å². The predicted octanol–water partition coefficient (Wildman–Crippen LogP) is 4.66. The molecule has 2 aromatic rings. The molecule has 126 valence electrons. The maximum Gasteiger partial charge on any atom is 0.185 e. The van der Waals surface area contributed by atoms with E-state index in [1.54, 1.807) is 24.3 Å². The number of alkyl halides is 2. The molecular formula is C17H13Cl3O3S. The number of carbonyl (C=O) groups is 1. The molecule has 0 saturated heterocycles. The molecule has 1 aliphatic rings. The van der Waals surface area contributed by atoms with Crippen molar-refractivity contribution in [2.75, 3.05) is 5.75 Å². The fourth-order valence-corrected chi connectivity index (χ4v) is 4.37. The standard InChI is InChI=1S/C17H13Cl3O3S/c18-13-5-7-14(8-6-13)24(22,23)10-16(21)12-3-1-11(2-4-12)15-9-17(15,19)20/h1-8,15H,9-10H2/t15-/m0/s1. The van der Waals surface area contributed by atoms with Crippen LogP contribution < -0.4 is 0 Å². The highest BCUT2D eigenvalue weighted by Crippen LogP contribution is 2.59. The molecule has 1 fully saturated rings. The van der Waals surface area contributed by atoms with Crippen molar-refractivity contribution in [3.63, 3.8) is 0 Å². The topological polar surface area (TPSA) is 51.2 Å². The normalized spacial score (nSPS) is 19.0. The quantitative estimate of drug-likeness (QED) is 0.539. The van der Waals surface area contributed by atoms with E-state index in [1.807, 2.05) is 0 Å². The van der Waals surface area contributed by atoms with Gasteiger partial charge in [-0.1, -0.05) is 35.9 Å². The van der Waals surface area contributed by atoms with Crippen LogP contribution in [0.25, 0.3) is 0 Å². The van der Waals surface area contributed by atoms with Crippen LogP contribution >= 0.6 is 34.8 Å². The minimum atomic E-state index is -3.71. The Bertz CT molecular complexity index is 872. The van der Waals surface area contributed by atoms with Gasteiger partial charge in [0.25, 0.3) is 0 Å². The Labute approximate surface area is 155 Å². The first kappa shape index (κ1) is 17.7. The molecule has 7 heteroatoms. The Kier molecular flexibility index (Phi) is 4.69. The molecule has 2 aromatic carbocycles. The number of carbonyl (C=O) groups excluding carboxylic acids is 1. The van der Waals surface area contributed by atoms with Gasteiger partial charge in [-0.3, -0.25) is 4.79 Å². The molecule has 1 aliphatic carbocycles. The molecule has 3 nitrogen and oxygen atoms in total. The molecule has 0 aliphatic heterocycles. The lowest BCUT2D eigenvalue weighted by Gasteiger charge is -2.06. The summed E-state index contributed by atoms with van der Waals surface area (Å²) in [6, 6.07) is 12.5. The average Bonchev–Trinajstić information content (AvgIpc) is 3.16. The smallest absolute Gasteiger partial charge is 0.185 e. The van der Waals surface area contributed by atoms with E-state index in [-0.39, 0.29) is 10.8 Å². The first-order chi connectivity index (χ1) is 11.2. The van der Waals surface area contributed by atoms with Crippen LogP contribution in [0.3, 0.4) is 0 Å². The summed E-state index contributed by atoms with van der Waals surface area (Å²) in [6.07, 6.45) is 0.675. The number of hydrogen-bond acceptors (Lipinski definition) is 3. The maximum atomic E-state index is 12.3. The van der Waals surface area contributed by atoms with E-state index in [9.17, 15) is 13.2 Å². The van der Waals surface area contributed by atoms with Crippen molar-refractivity contribution < 1.29 is 13.2 Å². The van der Waals surface area contributed by atoms with Crippen LogP contribution in [-0.2, 0) is 9.84 Å². The van der Waals surface area contributed by atoms with Gasteiger partial charge in [0.1, 0.15) is 10.1 Å². The highest BCUT2D eigenvalue weighted by Gasteiger charge is 2.52. The zero-order valence-electron chi connectivity index (χ0n) is 12.4. The number of Topliss-reactive ketones (excluding diaryl/α,β-unsaturated/α-hetero) is 1. The Hall–Kier alpha value is -1.07. The number of benzene rings is 2. The van der Waals surface area contributed by atoms with Gasteiger partial charge in [0.2, 0.25) is 0 Å². The molecule has 1 saturated carbocycles. The van der Waals surface area contributed by atoms with Crippen LogP contribution in [0.4, 0.5) is 0 Å². The average molecular weight is 404 g/mol. The first-order valence-corrected chi connectivity index (χ1v) is 9.97. The molecule has 0 N–H and O–H groups in total. The van der Waals surface area contributed by atoms with Gasteiger partial charge in [-0.15, -0.1) is 23.2 Å². The Morgan fingerprint density at radius 3 is 2.08 bits per heavy atom. The largest absolute Gasteiger partial charge is 0.293 e. The molecule has 0 amide bonds. The minimum absolute atomic E-state index is 0.0581. The molecule has 0 bridgehead atoms. The second-order valence-corrected chi connectivity index (χ2v) is 9.74. The zero-order chi connectivity index (χ0) is 17.5. The maximum absolute atomic E-state index is 12.3. The third kappa shape index (κ3) is 3.77. The van der Waals surface area contributed by atoms with Crippen LogP contribution in [0.2, 0.25) is 5.02 Å². The van der Waals surface area contributed by atoms with Crippen molar-refractivity contribution in [2.45, 2.75) is 21.6 Å². The molecular weight excluding hydrogens is 391 g/mol. The monoisotopic (exact) mass is 402 g/mol. The zero-order valence-corrected chi connectivity index (χ0v) is 15.5. The molecule has 1 atom stereocenters. The van der Waals surface area contributed by atoms with E-state index in [2.05, 4.69) is 0 Å². The van der Waals surface area contributed by atoms with Gasteiger partial charge in [-0.05, 0) is 36.2 Å². The van der Waals surface area contributed by atoms with Gasteiger partial charge in [-0.25, -0.2) is 8.42 Å². The van der Waals surface area contributed by atoms with E-state index < -0.39 is 25.7 Å². The van der Waals surface area contributed by atoms with Crippen LogP contribution in [0, 0.1) is 0 Å². The van der Waals surface area contributed by atoms with Gasteiger partial charge in [-0.2, -0.15) is 0 Å². The third-order valence-electron chi connectivity index (χ3n) is 3.95. The second-order valence-electron chi connectivity index (χ2n) is 5.78. The Balaban J connectivity index is 1.74. The van der Waals surface area contributed by atoms with Crippen molar-refractivity contribution >= 4 is 50.4 Å². The first-order valence-electron chi connectivity index (χ1n) is 7.18. The minimum Gasteiger partial charge on any atom is -0.293 e. The molecule has 3 rings (SSSR count). The lowest BCUT2D eigenvalue weighted by Crippen LogP contribution is -2.16. The van der Waals surface area contributed by atoms with Crippen molar-refractivity contribution in [1.29, 1.82) is 0 Å². The molecule has 0 unspecified atom stereocenters. The van der Waals surface area contributed by atoms with E-state index in [0.717, 1.165) is 5.56 Å². The van der Waals surface area contributed by atoms with Gasteiger partial charge in [0, 0.05) is 16.5 Å². The van der Waals surface area contributed by atoms with Crippen molar-refractivity contribution in [2.24, 2.45) is 0 Å². The summed E-state index contributed by atoms with van der Waals surface area (Å²) in [7, 11) is -3.71. The predicted molar refractivity (Wildman–Crippen MR) is 96.1 cm³/mol. The van der Waals surface area contributed by atoms with Gasteiger partial charge >= 0.3 is 0 Å². The number of ketones is 1.